The summed E-state index contributed by atoms with van der Waals surface area (Å²) in [4.78, 5) is 14.8. The highest BCUT2D eigenvalue weighted by Gasteiger charge is 2.22. The lowest BCUT2D eigenvalue weighted by molar-refractivity contribution is -0.127. The molecular formula is C24H29N3O3. The Morgan fingerprint density at radius 2 is 2.03 bits per heavy atom. The molecule has 0 aliphatic carbocycles. The normalized spacial score (nSPS) is 13.1. The summed E-state index contributed by atoms with van der Waals surface area (Å²) < 4.78 is 13.6. The summed E-state index contributed by atoms with van der Waals surface area (Å²) in [5.41, 5.74) is 4.12. The van der Waals surface area contributed by atoms with Crippen molar-refractivity contribution in [3.63, 3.8) is 0 Å². The molecule has 0 atom stereocenters. The lowest BCUT2D eigenvalue weighted by Gasteiger charge is -2.25. The molecule has 0 radical (unpaired) electrons. The topological polar surface area (TPSA) is 67.5 Å². The average molecular weight is 408 g/mol. The molecule has 6 heteroatoms. The molecule has 0 saturated carbocycles. The predicted molar refractivity (Wildman–Crippen MR) is 116 cm³/mol. The Morgan fingerprint density at radius 3 is 2.73 bits per heavy atom. The van der Waals surface area contributed by atoms with Gasteiger partial charge in [-0.25, -0.2) is 0 Å². The Balaban J connectivity index is 1.87. The van der Waals surface area contributed by atoms with Crippen LogP contribution < -0.4 is 9.47 Å². The molecule has 1 aliphatic heterocycles. The standard InChI is InChI=1S/C24H29N3O3/c1-5-10-27-17(3)13-20(18(27)4)14-21(15-25)24(28)26(6-2)16-19-8-7-9-22-23(19)30-12-11-29-22/h7-9,13-14H,5-6,10-12,16H2,1-4H3/b21-14-. The van der Waals surface area contributed by atoms with Crippen molar-refractivity contribution >= 4 is 12.0 Å². The second-order valence-corrected chi connectivity index (χ2v) is 7.41. The molecule has 0 N–H and O–H groups in total. The molecule has 6 nitrogen and oxygen atoms in total. The Hall–Kier alpha value is -3.20. The van der Waals surface area contributed by atoms with Crippen molar-refractivity contribution in [1.82, 2.24) is 9.47 Å². The van der Waals surface area contributed by atoms with E-state index in [0.29, 0.717) is 37.8 Å². The zero-order valence-electron chi connectivity index (χ0n) is 18.2. The Bertz CT molecular complexity index is 998. The van der Waals surface area contributed by atoms with Crippen molar-refractivity contribution in [2.45, 2.75) is 47.2 Å². The number of para-hydroxylation sites is 1. The Morgan fingerprint density at radius 1 is 1.27 bits per heavy atom. The van der Waals surface area contributed by atoms with Gasteiger partial charge in [0.25, 0.3) is 5.91 Å². The molecule has 0 spiro atoms. The van der Waals surface area contributed by atoms with E-state index in [-0.39, 0.29) is 11.5 Å². The minimum atomic E-state index is -0.283. The van der Waals surface area contributed by atoms with Crippen LogP contribution in [0.2, 0.25) is 0 Å². The summed E-state index contributed by atoms with van der Waals surface area (Å²) in [7, 11) is 0. The van der Waals surface area contributed by atoms with Crippen molar-refractivity contribution in [3.05, 3.63) is 52.4 Å². The third kappa shape index (κ3) is 4.35. The quantitative estimate of drug-likeness (QED) is 0.508. The molecule has 2 heterocycles. The number of carbonyl (C=O) groups excluding carboxylic acids is 1. The van der Waals surface area contributed by atoms with Crippen molar-refractivity contribution in [3.8, 4) is 17.6 Å². The summed E-state index contributed by atoms with van der Waals surface area (Å²) in [5.74, 6) is 1.09. The maximum atomic E-state index is 13.2. The van der Waals surface area contributed by atoms with E-state index in [2.05, 4.69) is 17.6 Å². The van der Waals surface area contributed by atoms with Crippen LogP contribution >= 0.6 is 0 Å². The largest absolute Gasteiger partial charge is 0.486 e. The van der Waals surface area contributed by atoms with Crippen LogP contribution in [0.15, 0.2) is 29.8 Å². The van der Waals surface area contributed by atoms with Crippen LogP contribution in [0.3, 0.4) is 0 Å². The number of benzene rings is 1. The minimum absolute atomic E-state index is 0.135. The smallest absolute Gasteiger partial charge is 0.264 e. The molecule has 2 aromatic rings. The zero-order chi connectivity index (χ0) is 21.7. The van der Waals surface area contributed by atoms with Gasteiger partial charge in [-0.2, -0.15) is 5.26 Å². The third-order valence-electron chi connectivity index (χ3n) is 5.39. The van der Waals surface area contributed by atoms with E-state index in [1.807, 2.05) is 45.0 Å². The fourth-order valence-electron chi connectivity index (χ4n) is 3.80. The first-order valence-electron chi connectivity index (χ1n) is 10.4. The van der Waals surface area contributed by atoms with Gasteiger partial charge in [-0.15, -0.1) is 0 Å². The number of nitriles is 1. The SMILES string of the molecule is CCCn1c(C)cc(/C=C(/C#N)C(=O)N(CC)Cc2cccc3c2OCCO3)c1C. The van der Waals surface area contributed by atoms with E-state index in [1.165, 1.54) is 0 Å². The number of aryl methyl sites for hydroxylation is 1. The van der Waals surface area contributed by atoms with Crippen molar-refractivity contribution in [2.75, 3.05) is 19.8 Å². The van der Waals surface area contributed by atoms with Gasteiger partial charge < -0.3 is 18.9 Å². The molecular weight excluding hydrogens is 378 g/mol. The highest BCUT2D eigenvalue weighted by Crippen LogP contribution is 2.34. The molecule has 0 fully saturated rings. The average Bonchev–Trinajstić information content (AvgIpc) is 3.03. The highest BCUT2D eigenvalue weighted by atomic mass is 16.6. The van der Waals surface area contributed by atoms with Gasteiger partial charge in [0, 0.05) is 36.6 Å². The van der Waals surface area contributed by atoms with Gasteiger partial charge in [0.1, 0.15) is 24.9 Å². The second kappa shape index (κ2) is 9.53. The summed E-state index contributed by atoms with van der Waals surface area (Å²) in [6, 6.07) is 9.82. The van der Waals surface area contributed by atoms with Crippen molar-refractivity contribution < 1.29 is 14.3 Å². The maximum Gasteiger partial charge on any atom is 0.264 e. The first-order valence-corrected chi connectivity index (χ1v) is 10.4. The predicted octanol–water partition coefficient (Wildman–Crippen LogP) is 4.24. The van der Waals surface area contributed by atoms with Gasteiger partial charge in [-0.05, 0) is 51.0 Å². The van der Waals surface area contributed by atoms with Crippen molar-refractivity contribution in [2.24, 2.45) is 0 Å². The fourth-order valence-corrected chi connectivity index (χ4v) is 3.80. The van der Waals surface area contributed by atoms with Crippen LogP contribution in [0.5, 0.6) is 11.5 Å². The van der Waals surface area contributed by atoms with Gasteiger partial charge in [0.05, 0.1) is 0 Å². The van der Waals surface area contributed by atoms with Gasteiger partial charge in [0.2, 0.25) is 0 Å². The van der Waals surface area contributed by atoms with E-state index in [0.717, 1.165) is 35.5 Å². The van der Waals surface area contributed by atoms with Crippen molar-refractivity contribution in [1.29, 1.82) is 5.26 Å². The lowest BCUT2D eigenvalue weighted by Crippen LogP contribution is -2.31. The van der Waals surface area contributed by atoms with Crippen LogP contribution in [-0.4, -0.2) is 35.1 Å². The summed E-state index contributed by atoms with van der Waals surface area (Å²) in [6.45, 7) is 10.9. The molecule has 0 bridgehead atoms. The summed E-state index contributed by atoms with van der Waals surface area (Å²) in [5, 5.41) is 9.71. The maximum absolute atomic E-state index is 13.2. The van der Waals surface area contributed by atoms with Gasteiger partial charge >= 0.3 is 0 Å². The van der Waals surface area contributed by atoms with Crippen LogP contribution in [-0.2, 0) is 17.9 Å². The molecule has 1 aliphatic rings. The van der Waals surface area contributed by atoms with Gasteiger partial charge in [-0.1, -0.05) is 19.1 Å². The second-order valence-electron chi connectivity index (χ2n) is 7.41. The molecule has 1 aromatic carbocycles. The van der Waals surface area contributed by atoms with Crippen LogP contribution in [0, 0.1) is 25.2 Å². The number of ether oxygens (including phenoxy) is 2. The monoisotopic (exact) mass is 407 g/mol. The zero-order valence-corrected chi connectivity index (χ0v) is 18.2. The Labute approximate surface area is 178 Å². The fraction of sp³-hybridized carbons (Fsp3) is 0.417. The molecule has 1 aromatic heterocycles. The number of aromatic nitrogens is 1. The molecule has 1 amide bonds. The van der Waals surface area contributed by atoms with E-state index in [1.54, 1.807) is 11.0 Å². The summed E-state index contributed by atoms with van der Waals surface area (Å²) in [6.07, 6.45) is 2.74. The third-order valence-corrected chi connectivity index (χ3v) is 5.39. The number of amides is 1. The molecule has 158 valence electrons. The number of carbonyl (C=O) groups is 1. The van der Waals surface area contributed by atoms with Crippen LogP contribution in [0.4, 0.5) is 0 Å². The lowest BCUT2D eigenvalue weighted by atomic mass is 10.1. The number of rotatable bonds is 7. The Kier molecular flexibility index (Phi) is 6.83. The number of fused-ring (bicyclic) bond motifs is 1. The molecule has 0 unspecified atom stereocenters. The number of hydrogen-bond donors (Lipinski definition) is 0. The van der Waals surface area contributed by atoms with E-state index in [4.69, 9.17) is 9.47 Å². The van der Waals surface area contributed by atoms with Crippen LogP contribution in [0.25, 0.3) is 6.08 Å². The first kappa shape index (κ1) is 21.5. The first-order chi connectivity index (χ1) is 14.5. The molecule has 3 rings (SSSR count). The number of hydrogen-bond acceptors (Lipinski definition) is 4. The number of likely N-dealkylation sites (N-methyl/N-ethyl adjacent to an activating group) is 1. The van der Waals surface area contributed by atoms with Gasteiger partial charge in [-0.3, -0.25) is 4.79 Å². The number of nitrogens with zero attached hydrogens (tertiary/aromatic N) is 3. The minimum Gasteiger partial charge on any atom is -0.486 e. The summed E-state index contributed by atoms with van der Waals surface area (Å²) >= 11 is 0. The van der Waals surface area contributed by atoms with E-state index < -0.39 is 0 Å². The van der Waals surface area contributed by atoms with E-state index >= 15 is 0 Å². The van der Waals surface area contributed by atoms with Crippen LogP contribution in [0.1, 0.15) is 42.8 Å². The van der Waals surface area contributed by atoms with E-state index in [9.17, 15) is 10.1 Å². The highest BCUT2D eigenvalue weighted by molar-refractivity contribution is 6.01. The molecule has 0 saturated heterocycles. The van der Waals surface area contributed by atoms with Gasteiger partial charge in [0.15, 0.2) is 11.5 Å². The molecule has 30 heavy (non-hydrogen) atoms.